The van der Waals surface area contributed by atoms with Gasteiger partial charge in [-0.1, -0.05) is 6.07 Å². The van der Waals surface area contributed by atoms with Gasteiger partial charge in [0, 0.05) is 37.8 Å². The number of rotatable bonds is 6. The molecule has 3 N–H and O–H groups in total. The third-order valence-corrected chi connectivity index (χ3v) is 8.85. The second kappa shape index (κ2) is 12.2. The largest absolute Gasteiger partial charge is 0.495 e. The normalized spacial score (nSPS) is 20.0. The molecule has 2 aliphatic rings. The van der Waals surface area contributed by atoms with E-state index in [-0.39, 0.29) is 23.3 Å². The van der Waals surface area contributed by atoms with Crippen LogP contribution in [0.15, 0.2) is 42.7 Å². The molecule has 0 radical (unpaired) electrons. The predicted octanol–water partition coefficient (Wildman–Crippen LogP) is 5.23. The van der Waals surface area contributed by atoms with E-state index in [1.165, 1.54) is 13.4 Å². The van der Waals surface area contributed by atoms with Crippen LogP contribution in [0.25, 0.3) is 22.3 Å². The first-order valence-corrected chi connectivity index (χ1v) is 14.8. The number of nitrogen functional groups attached to an aromatic ring is 1. The number of alkyl halides is 3. The zero-order valence-electron chi connectivity index (χ0n) is 24.9. The summed E-state index contributed by atoms with van der Waals surface area (Å²) in [5, 5.41) is 8.10. The van der Waals surface area contributed by atoms with Gasteiger partial charge >= 0.3 is 6.18 Å². The SMILES string of the molecule is COc1cc(-c2nn([C@H]3CC[C@@H](N4CCN(C)CC4)CC3)c3ncnc(N)c23)ccc1NC(=O)c1ccc(C(F)(F)F)cc1F. The molecule has 1 amide bonds. The van der Waals surface area contributed by atoms with Crippen LogP contribution in [0.4, 0.5) is 29.1 Å². The van der Waals surface area contributed by atoms with Crippen molar-refractivity contribution in [1.82, 2.24) is 29.5 Å². The second-order valence-corrected chi connectivity index (χ2v) is 11.6. The van der Waals surface area contributed by atoms with Gasteiger partial charge in [-0.25, -0.2) is 19.0 Å². The molecule has 238 valence electrons. The molecule has 1 aliphatic carbocycles. The van der Waals surface area contributed by atoms with Crippen LogP contribution in [0.1, 0.15) is 47.6 Å². The van der Waals surface area contributed by atoms with Crippen molar-refractivity contribution in [3.05, 3.63) is 59.7 Å². The quantitative estimate of drug-likeness (QED) is 0.280. The number of ether oxygens (including phenoxy) is 1. The number of hydrogen-bond acceptors (Lipinski definition) is 8. The van der Waals surface area contributed by atoms with E-state index in [1.54, 1.807) is 18.2 Å². The Bertz CT molecular complexity index is 1710. The van der Waals surface area contributed by atoms with Crippen LogP contribution in [0, 0.1) is 5.82 Å². The number of hydrogen-bond donors (Lipinski definition) is 2. The van der Waals surface area contributed by atoms with E-state index in [4.69, 9.17) is 15.6 Å². The van der Waals surface area contributed by atoms with Crippen molar-refractivity contribution in [2.45, 2.75) is 43.9 Å². The summed E-state index contributed by atoms with van der Waals surface area (Å²) in [5.41, 5.74) is 6.63. The highest BCUT2D eigenvalue weighted by Crippen LogP contribution is 2.39. The van der Waals surface area contributed by atoms with Crippen molar-refractivity contribution < 1.29 is 27.1 Å². The van der Waals surface area contributed by atoms with Crippen molar-refractivity contribution in [3.63, 3.8) is 0 Å². The zero-order chi connectivity index (χ0) is 31.9. The molecule has 0 bridgehead atoms. The first-order valence-electron chi connectivity index (χ1n) is 14.8. The molecular formula is C31H34F4N8O2. The number of likely N-dealkylation sites (N-methyl/N-ethyl adjacent to an activating group) is 1. The number of halogens is 4. The number of anilines is 2. The minimum absolute atomic E-state index is 0.137. The summed E-state index contributed by atoms with van der Waals surface area (Å²) in [4.78, 5) is 26.5. The van der Waals surface area contributed by atoms with Crippen molar-refractivity contribution in [2.24, 2.45) is 0 Å². The Morgan fingerprint density at radius 3 is 2.38 bits per heavy atom. The van der Waals surface area contributed by atoms with Gasteiger partial charge in [-0.05, 0) is 63.1 Å². The molecule has 0 unspecified atom stereocenters. The topological polar surface area (TPSA) is 114 Å². The molecule has 4 aromatic rings. The zero-order valence-corrected chi connectivity index (χ0v) is 24.9. The summed E-state index contributed by atoms with van der Waals surface area (Å²) in [7, 11) is 3.56. The number of fused-ring (bicyclic) bond motifs is 1. The Kier molecular flexibility index (Phi) is 8.35. The number of amides is 1. The fourth-order valence-electron chi connectivity index (χ4n) is 6.31. The third-order valence-electron chi connectivity index (χ3n) is 8.85. The Morgan fingerprint density at radius 1 is 1.00 bits per heavy atom. The van der Waals surface area contributed by atoms with Gasteiger partial charge in [0.15, 0.2) is 5.65 Å². The van der Waals surface area contributed by atoms with E-state index in [2.05, 4.69) is 32.1 Å². The van der Waals surface area contributed by atoms with Crippen molar-refractivity contribution in [1.29, 1.82) is 0 Å². The van der Waals surface area contributed by atoms with Gasteiger partial charge in [-0.3, -0.25) is 9.69 Å². The van der Waals surface area contributed by atoms with E-state index in [1.807, 2.05) is 4.68 Å². The monoisotopic (exact) mass is 626 g/mol. The number of nitrogens with two attached hydrogens (primary N) is 1. The van der Waals surface area contributed by atoms with E-state index in [0.29, 0.717) is 40.5 Å². The summed E-state index contributed by atoms with van der Waals surface area (Å²) in [6.07, 6.45) is 0.720. The molecule has 0 atom stereocenters. The van der Waals surface area contributed by atoms with E-state index >= 15 is 0 Å². The highest BCUT2D eigenvalue weighted by atomic mass is 19.4. The van der Waals surface area contributed by atoms with Gasteiger partial charge in [0.25, 0.3) is 5.91 Å². The average molecular weight is 627 g/mol. The fraction of sp³-hybridized carbons (Fsp3) is 0.419. The van der Waals surface area contributed by atoms with Gasteiger partial charge in [0.05, 0.1) is 35.4 Å². The lowest BCUT2D eigenvalue weighted by atomic mass is 9.90. The number of aromatic nitrogens is 4. The average Bonchev–Trinajstić information content (AvgIpc) is 3.42. The number of carbonyl (C=O) groups excluding carboxylic acids is 1. The van der Waals surface area contributed by atoms with Gasteiger partial charge < -0.3 is 20.7 Å². The number of carbonyl (C=O) groups is 1. The van der Waals surface area contributed by atoms with Crippen molar-refractivity contribution >= 4 is 28.4 Å². The summed E-state index contributed by atoms with van der Waals surface area (Å²) >= 11 is 0. The predicted molar refractivity (Wildman–Crippen MR) is 161 cm³/mol. The lowest BCUT2D eigenvalue weighted by Gasteiger charge is -2.41. The maximum atomic E-state index is 14.4. The molecule has 1 saturated carbocycles. The van der Waals surface area contributed by atoms with E-state index in [9.17, 15) is 22.4 Å². The Morgan fingerprint density at radius 2 is 1.71 bits per heavy atom. The fourth-order valence-corrected chi connectivity index (χ4v) is 6.31. The molecule has 45 heavy (non-hydrogen) atoms. The second-order valence-electron chi connectivity index (χ2n) is 11.6. The van der Waals surface area contributed by atoms with E-state index in [0.717, 1.165) is 57.9 Å². The van der Waals surface area contributed by atoms with Crippen LogP contribution in [0.3, 0.4) is 0 Å². The molecular weight excluding hydrogens is 592 g/mol. The number of piperazine rings is 1. The lowest BCUT2D eigenvalue weighted by molar-refractivity contribution is -0.137. The van der Waals surface area contributed by atoms with Gasteiger partial charge in [-0.15, -0.1) is 0 Å². The number of methoxy groups -OCH3 is 1. The van der Waals surface area contributed by atoms with Gasteiger partial charge in [0.1, 0.15) is 29.4 Å². The summed E-state index contributed by atoms with van der Waals surface area (Å²) < 4.78 is 60.7. The Balaban J connectivity index is 1.25. The highest BCUT2D eigenvalue weighted by Gasteiger charge is 2.33. The first-order chi connectivity index (χ1) is 21.5. The van der Waals surface area contributed by atoms with Gasteiger partial charge in [0.2, 0.25) is 0 Å². The summed E-state index contributed by atoms with van der Waals surface area (Å²) in [6, 6.07) is 7.35. The standard InChI is InChI=1S/C31H34F4N8O2/c1-41-11-13-42(14-12-41)20-5-7-21(8-6-20)43-29-26(28(36)37-17-38-29)27(40-43)18-3-10-24(25(15-18)45-2)39-30(44)22-9-4-19(16-23(22)32)31(33,34)35/h3-4,9-10,15-17,20-21H,5-8,11-14H2,1-2H3,(H,39,44)(H2,36,37,38)/t20-,21+. The van der Waals surface area contributed by atoms with Crippen LogP contribution in [-0.4, -0.2) is 81.8 Å². The van der Waals surface area contributed by atoms with Crippen LogP contribution in [0.2, 0.25) is 0 Å². The summed E-state index contributed by atoms with van der Waals surface area (Å²) in [6.45, 7) is 4.34. The minimum Gasteiger partial charge on any atom is -0.495 e. The molecule has 1 saturated heterocycles. The smallest absolute Gasteiger partial charge is 0.416 e. The van der Waals surface area contributed by atoms with Crippen LogP contribution < -0.4 is 15.8 Å². The van der Waals surface area contributed by atoms with Crippen LogP contribution in [-0.2, 0) is 6.18 Å². The van der Waals surface area contributed by atoms with Crippen LogP contribution >= 0.6 is 0 Å². The molecule has 6 rings (SSSR count). The highest BCUT2D eigenvalue weighted by molar-refractivity contribution is 6.06. The molecule has 2 fully saturated rings. The number of nitrogens with one attached hydrogen (secondary N) is 1. The Hall–Kier alpha value is -4.30. The third kappa shape index (κ3) is 6.16. The summed E-state index contributed by atoms with van der Waals surface area (Å²) in [5.74, 6) is -1.70. The van der Waals surface area contributed by atoms with E-state index < -0.39 is 29.0 Å². The number of benzene rings is 2. The van der Waals surface area contributed by atoms with Crippen LogP contribution in [0.5, 0.6) is 5.75 Å². The molecule has 14 heteroatoms. The molecule has 2 aromatic carbocycles. The molecule has 3 heterocycles. The Labute approximate surface area is 257 Å². The maximum absolute atomic E-state index is 14.4. The van der Waals surface area contributed by atoms with Crippen molar-refractivity contribution in [2.75, 3.05) is 51.4 Å². The first kappa shape index (κ1) is 30.7. The van der Waals surface area contributed by atoms with Crippen molar-refractivity contribution in [3.8, 4) is 17.0 Å². The maximum Gasteiger partial charge on any atom is 0.416 e. The molecule has 2 aromatic heterocycles. The molecule has 0 spiro atoms. The van der Waals surface area contributed by atoms with Gasteiger partial charge in [-0.2, -0.15) is 18.3 Å². The number of nitrogens with zero attached hydrogens (tertiary/aromatic N) is 6. The minimum atomic E-state index is -4.73. The lowest BCUT2D eigenvalue weighted by Crippen LogP contribution is -2.49. The molecule has 10 nitrogen and oxygen atoms in total. The molecule has 1 aliphatic heterocycles.